The van der Waals surface area contributed by atoms with Gasteiger partial charge in [-0.05, 0) is 86.9 Å². The third kappa shape index (κ3) is 4.49. The molecule has 188 valence electrons. The number of halogens is 1. The maximum Gasteiger partial charge on any atom is 0.243 e. The molecule has 1 fully saturated rings. The van der Waals surface area contributed by atoms with Crippen LogP contribution in [-0.2, 0) is 16.6 Å². The van der Waals surface area contributed by atoms with Crippen molar-refractivity contribution >= 4 is 32.5 Å². The second-order valence-electron chi connectivity index (χ2n) is 10.1. The van der Waals surface area contributed by atoms with E-state index in [0.29, 0.717) is 23.9 Å². The summed E-state index contributed by atoms with van der Waals surface area (Å²) in [4.78, 5) is 0.474. The van der Waals surface area contributed by atoms with Gasteiger partial charge in [0.05, 0.1) is 4.90 Å². The molecule has 2 heterocycles. The molecular formula is C30H33ClN2O2S. The van der Waals surface area contributed by atoms with Crippen molar-refractivity contribution in [3.05, 3.63) is 99.2 Å². The predicted octanol–water partition coefficient (Wildman–Crippen LogP) is 7.14. The Balaban J connectivity index is 1.43. The Morgan fingerprint density at radius 2 is 1.50 bits per heavy atom. The van der Waals surface area contributed by atoms with Gasteiger partial charge >= 0.3 is 0 Å². The highest BCUT2D eigenvalue weighted by atomic mass is 35.5. The van der Waals surface area contributed by atoms with E-state index in [1.807, 2.05) is 45.0 Å². The van der Waals surface area contributed by atoms with Crippen LogP contribution >= 0.6 is 11.6 Å². The lowest BCUT2D eigenvalue weighted by atomic mass is 9.88. The van der Waals surface area contributed by atoms with E-state index in [1.54, 1.807) is 4.31 Å². The largest absolute Gasteiger partial charge is 0.340 e. The number of benzene rings is 3. The fourth-order valence-electron chi connectivity index (χ4n) is 6.04. The molecule has 0 radical (unpaired) electrons. The molecule has 1 aliphatic rings. The molecule has 0 aliphatic carbocycles. The van der Waals surface area contributed by atoms with Crippen molar-refractivity contribution in [2.24, 2.45) is 0 Å². The molecule has 0 unspecified atom stereocenters. The zero-order chi connectivity index (χ0) is 25.6. The Morgan fingerprint density at radius 1 is 0.889 bits per heavy atom. The minimum Gasteiger partial charge on any atom is -0.340 e. The van der Waals surface area contributed by atoms with E-state index in [9.17, 15) is 8.42 Å². The second-order valence-corrected chi connectivity index (χ2v) is 12.4. The van der Waals surface area contributed by atoms with Crippen molar-refractivity contribution in [3.63, 3.8) is 0 Å². The lowest BCUT2D eigenvalue weighted by Gasteiger charge is -2.32. The maximum atomic E-state index is 13.6. The van der Waals surface area contributed by atoms with Gasteiger partial charge in [-0.2, -0.15) is 4.31 Å². The van der Waals surface area contributed by atoms with Crippen LogP contribution in [0.25, 0.3) is 10.9 Å². The van der Waals surface area contributed by atoms with E-state index in [-0.39, 0.29) is 0 Å². The monoisotopic (exact) mass is 520 g/mol. The van der Waals surface area contributed by atoms with Crippen molar-refractivity contribution in [1.82, 2.24) is 8.87 Å². The van der Waals surface area contributed by atoms with Crippen LogP contribution in [0, 0.1) is 27.7 Å². The summed E-state index contributed by atoms with van der Waals surface area (Å²) in [5.41, 5.74) is 7.80. The standard InChI is InChI=1S/C30H33ClN2O2S/c1-20-17-21(2)30(22(3)18-20)36(34,35)32-15-13-25(14-16-32)29-23(4)33(28-8-6-5-7-27(28)29)19-24-9-11-26(31)12-10-24/h5-12,17-18,25H,13-16,19H2,1-4H3. The van der Waals surface area contributed by atoms with Gasteiger partial charge in [-0.3, -0.25) is 0 Å². The molecule has 0 saturated carbocycles. The number of fused-ring (bicyclic) bond motifs is 1. The highest BCUT2D eigenvalue weighted by Gasteiger charge is 2.33. The van der Waals surface area contributed by atoms with Crippen molar-refractivity contribution < 1.29 is 8.42 Å². The molecule has 1 saturated heterocycles. The highest BCUT2D eigenvalue weighted by molar-refractivity contribution is 7.89. The van der Waals surface area contributed by atoms with Crippen LogP contribution in [0.1, 0.15) is 52.3 Å². The third-order valence-corrected chi connectivity index (χ3v) is 10.1. The van der Waals surface area contributed by atoms with Crippen LogP contribution in [0.4, 0.5) is 0 Å². The number of aromatic nitrogens is 1. The van der Waals surface area contributed by atoms with Crippen molar-refractivity contribution in [2.45, 2.75) is 57.9 Å². The van der Waals surface area contributed by atoms with Crippen LogP contribution in [-0.4, -0.2) is 30.4 Å². The van der Waals surface area contributed by atoms with E-state index in [0.717, 1.165) is 41.1 Å². The summed E-state index contributed by atoms with van der Waals surface area (Å²) < 4.78 is 31.3. The topological polar surface area (TPSA) is 42.3 Å². The average Bonchev–Trinajstić information content (AvgIpc) is 3.11. The van der Waals surface area contributed by atoms with Gasteiger partial charge in [-0.25, -0.2) is 8.42 Å². The van der Waals surface area contributed by atoms with Crippen molar-refractivity contribution in [2.75, 3.05) is 13.1 Å². The molecule has 3 aromatic carbocycles. The molecule has 0 spiro atoms. The number of hydrogen-bond acceptors (Lipinski definition) is 2. The summed E-state index contributed by atoms with van der Waals surface area (Å²) in [5.74, 6) is 0.327. The van der Waals surface area contributed by atoms with Crippen LogP contribution in [0.15, 0.2) is 65.6 Å². The van der Waals surface area contributed by atoms with E-state index < -0.39 is 10.0 Å². The number of nitrogens with zero attached hydrogens (tertiary/aromatic N) is 2. The van der Waals surface area contributed by atoms with Crippen LogP contribution in [0.2, 0.25) is 5.02 Å². The Morgan fingerprint density at radius 3 is 2.14 bits per heavy atom. The van der Waals surface area contributed by atoms with Gasteiger partial charge in [0.1, 0.15) is 0 Å². The smallest absolute Gasteiger partial charge is 0.243 e. The van der Waals surface area contributed by atoms with E-state index in [4.69, 9.17) is 11.6 Å². The Bertz CT molecular complexity index is 1510. The van der Waals surface area contributed by atoms with Gasteiger partial charge in [0.2, 0.25) is 10.0 Å². The number of aryl methyl sites for hydroxylation is 3. The highest BCUT2D eigenvalue weighted by Crippen LogP contribution is 2.39. The fraction of sp³-hybridized carbons (Fsp3) is 0.333. The molecule has 6 heteroatoms. The molecule has 1 aliphatic heterocycles. The van der Waals surface area contributed by atoms with E-state index in [2.05, 4.69) is 47.9 Å². The normalized spacial score (nSPS) is 15.6. The number of rotatable bonds is 5. The summed E-state index contributed by atoms with van der Waals surface area (Å²) in [5, 5.41) is 2.02. The van der Waals surface area contributed by atoms with Gasteiger partial charge in [0.15, 0.2) is 0 Å². The maximum absolute atomic E-state index is 13.6. The fourth-order valence-corrected chi connectivity index (χ4v) is 8.04. The van der Waals surface area contributed by atoms with Crippen LogP contribution in [0.5, 0.6) is 0 Å². The molecule has 0 bridgehead atoms. The molecule has 4 nitrogen and oxygen atoms in total. The quantitative estimate of drug-likeness (QED) is 0.280. The first kappa shape index (κ1) is 25.1. The minimum absolute atomic E-state index is 0.327. The molecule has 1 aromatic heterocycles. The first-order chi connectivity index (χ1) is 17.2. The van der Waals surface area contributed by atoms with E-state index >= 15 is 0 Å². The number of sulfonamides is 1. The van der Waals surface area contributed by atoms with Gasteiger partial charge in [0.25, 0.3) is 0 Å². The minimum atomic E-state index is -3.52. The summed E-state index contributed by atoms with van der Waals surface area (Å²) in [7, 11) is -3.52. The zero-order valence-electron chi connectivity index (χ0n) is 21.4. The van der Waals surface area contributed by atoms with Gasteiger partial charge < -0.3 is 4.57 Å². The summed E-state index contributed by atoms with van der Waals surface area (Å²) in [6.07, 6.45) is 1.64. The molecule has 36 heavy (non-hydrogen) atoms. The average molecular weight is 521 g/mol. The van der Waals surface area contributed by atoms with Gasteiger partial charge in [-0.15, -0.1) is 0 Å². The van der Waals surface area contributed by atoms with Crippen molar-refractivity contribution in [3.8, 4) is 0 Å². The Labute approximate surface area is 219 Å². The SMILES string of the molecule is Cc1cc(C)c(S(=O)(=O)N2CCC(c3c(C)n(Cc4ccc(Cl)cc4)c4ccccc34)CC2)c(C)c1. The summed E-state index contributed by atoms with van der Waals surface area (Å²) >= 11 is 6.10. The first-order valence-electron chi connectivity index (χ1n) is 12.6. The van der Waals surface area contributed by atoms with Crippen molar-refractivity contribution in [1.29, 1.82) is 0 Å². The molecular weight excluding hydrogens is 488 g/mol. The predicted molar refractivity (Wildman–Crippen MR) is 149 cm³/mol. The first-order valence-corrected chi connectivity index (χ1v) is 14.4. The zero-order valence-corrected chi connectivity index (χ0v) is 23.0. The molecule has 0 N–H and O–H groups in total. The molecule has 5 rings (SSSR count). The lowest BCUT2D eigenvalue weighted by molar-refractivity contribution is 0.319. The molecule has 0 atom stereocenters. The molecule has 4 aromatic rings. The van der Waals surface area contributed by atoms with E-state index in [1.165, 1.54) is 27.7 Å². The summed E-state index contributed by atoms with van der Waals surface area (Å²) in [6.45, 7) is 9.87. The number of hydrogen-bond donors (Lipinski definition) is 0. The third-order valence-electron chi connectivity index (χ3n) is 7.60. The lowest BCUT2D eigenvalue weighted by Crippen LogP contribution is -2.38. The Hall–Kier alpha value is -2.60. The second kappa shape index (κ2) is 9.70. The van der Waals surface area contributed by atoms with Gasteiger partial charge in [0, 0.05) is 41.3 Å². The van der Waals surface area contributed by atoms with Gasteiger partial charge in [-0.1, -0.05) is 59.6 Å². The Kier molecular flexibility index (Phi) is 6.75. The molecule has 0 amide bonds. The number of para-hydroxylation sites is 1. The van der Waals surface area contributed by atoms with Crippen LogP contribution in [0.3, 0.4) is 0 Å². The summed E-state index contributed by atoms with van der Waals surface area (Å²) in [6, 6.07) is 20.5. The van der Waals surface area contributed by atoms with Crippen LogP contribution < -0.4 is 0 Å². The number of piperidine rings is 1.